The first-order valence-corrected chi connectivity index (χ1v) is 10.6. The molecule has 26 heavy (non-hydrogen) atoms. The Morgan fingerprint density at radius 2 is 1.85 bits per heavy atom. The molecule has 8 heteroatoms. The average molecular weight is 381 g/mol. The van der Waals surface area contributed by atoms with Crippen LogP contribution in [-0.2, 0) is 14.8 Å². The Kier molecular flexibility index (Phi) is 5.96. The Balaban J connectivity index is 1.77. The molecular formula is C18H27N3O4S. The predicted molar refractivity (Wildman–Crippen MR) is 98.5 cm³/mol. The van der Waals surface area contributed by atoms with Gasteiger partial charge in [-0.1, -0.05) is 6.07 Å². The summed E-state index contributed by atoms with van der Waals surface area (Å²) in [5.74, 6) is -0.233. The summed E-state index contributed by atoms with van der Waals surface area (Å²) < 4.78 is 32.5. The summed E-state index contributed by atoms with van der Waals surface area (Å²) in [5.41, 5.74) is 6.91. The Hall–Kier alpha value is -1.48. The molecule has 1 saturated heterocycles. The lowest BCUT2D eigenvalue weighted by Crippen LogP contribution is -2.41. The maximum absolute atomic E-state index is 12.9. The van der Waals surface area contributed by atoms with Crippen LogP contribution in [0.4, 0.5) is 0 Å². The topological polar surface area (TPSA) is 102 Å². The fraction of sp³-hybridized carbons (Fsp3) is 0.611. The molecule has 144 valence electrons. The minimum Gasteiger partial charge on any atom is -0.379 e. The third kappa shape index (κ3) is 4.25. The second-order valence-electron chi connectivity index (χ2n) is 7.08. The quantitative estimate of drug-likeness (QED) is 0.811. The monoisotopic (exact) mass is 381 g/mol. The van der Waals surface area contributed by atoms with Crippen LogP contribution in [0.2, 0.25) is 0 Å². The molecule has 3 N–H and O–H groups in total. The highest BCUT2D eigenvalue weighted by Gasteiger charge is 2.29. The van der Waals surface area contributed by atoms with Gasteiger partial charge in [0.05, 0.1) is 18.1 Å². The van der Waals surface area contributed by atoms with E-state index in [1.54, 1.807) is 19.1 Å². The minimum absolute atomic E-state index is 0.0999. The first-order valence-electron chi connectivity index (χ1n) is 9.13. The highest BCUT2D eigenvalue weighted by atomic mass is 32.2. The molecule has 1 saturated carbocycles. The van der Waals surface area contributed by atoms with Gasteiger partial charge >= 0.3 is 0 Å². The van der Waals surface area contributed by atoms with Crippen molar-refractivity contribution in [3.8, 4) is 0 Å². The van der Waals surface area contributed by atoms with E-state index in [1.807, 2.05) is 0 Å². The second kappa shape index (κ2) is 8.04. The van der Waals surface area contributed by atoms with Crippen LogP contribution in [-0.4, -0.2) is 57.0 Å². The molecule has 2 fully saturated rings. The summed E-state index contributed by atoms with van der Waals surface area (Å²) >= 11 is 0. The number of rotatable bonds is 4. The number of nitrogens with two attached hydrogens (primary N) is 1. The average Bonchev–Trinajstić information content (AvgIpc) is 2.64. The zero-order valence-electron chi connectivity index (χ0n) is 15.1. The number of hydrogen-bond donors (Lipinski definition) is 2. The van der Waals surface area contributed by atoms with Crippen LogP contribution in [0, 0.1) is 6.92 Å². The van der Waals surface area contributed by atoms with Gasteiger partial charge in [0, 0.05) is 30.7 Å². The van der Waals surface area contributed by atoms with Gasteiger partial charge in [-0.2, -0.15) is 4.31 Å². The van der Waals surface area contributed by atoms with E-state index < -0.39 is 10.0 Å². The number of benzene rings is 1. The summed E-state index contributed by atoms with van der Waals surface area (Å²) in [7, 11) is -3.63. The number of sulfonamides is 1. The number of carbonyl (C=O) groups is 1. The van der Waals surface area contributed by atoms with Crippen LogP contribution in [0.5, 0.6) is 0 Å². The van der Waals surface area contributed by atoms with Crippen molar-refractivity contribution in [1.29, 1.82) is 0 Å². The smallest absolute Gasteiger partial charge is 0.251 e. The SMILES string of the molecule is Cc1ccc(C(=O)NC2CCC(N)CC2)cc1S(=O)(=O)N1CCOCC1. The normalized spacial score (nSPS) is 25.0. The van der Waals surface area contributed by atoms with E-state index in [0.29, 0.717) is 37.4 Å². The van der Waals surface area contributed by atoms with Crippen LogP contribution < -0.4 is 11.1 Å². The van der Waals surface area contributed by atoms with Gasteiger partial charge in [-0.05, 0) is 50.3 Å². The molecule has 2 aliphatic rings. The number of amides is 1. The van der Waals surface area contributed by atoms with Gasteiger partial charge in [-0.25, -0.2) is 8.42 Å². The van der Waals surface area contributed by atoms with E-state index >= 15 is 0 Å². The van der Waals surface area contributed by atoms with Gasteiger partial charge in [0.25, 0.3) is 5.91 Å². The molecule has 1 amide bonds. The molecule has 0 spiro atoms. The molecule has 0 radical (unpaired) electrons. The lowest BCUT2D eigenvalue weighted by Gasteiger charge is -2.27. The lowest BCUT2D eigenvalue weighted by molar-refractivity contribution is 0.0730. The van der Waals surface area contributed by atoms with Crippen molar-refractivity contribution in [2.75, 3.05) is 26.3 Å². The van der Waals surface area contributed by atoms with Crippen molar-refractivity contribution >= 4 is 15.9 Å². The van der Waals surface area contributed by atoms with Gasteiger partial charge < -0.3 is 15.8 Å². The zero-order chi connectivity index (χ0) is 18.7. The highest BCUT2D eigenvalue weighted by molar-refractivity contribution is 7.89. The number of hydrogen-bond acceptors (Lipinski definition) is 5. The molecule has 7 nitrogen and oxygen atoms in total. The van der Waals surface area contributed by atoms with Gasteiger partial charge in [0.15, 0.2) is 0 Å². The van der Waals surface area contributed by atoms with E-state index in [1.165, 1.54) is 10.4 Å². The largest absolute Gasteiger partial charge is 0.379 e. The maximum Gasteiger partial charge on any atom is 0.251 e. The Bertz CT molecular complexity index is 752. The third-order valence-corrected chi connectivity index (χ3v) is 7.19. The van der Waals surface area contributed by atoms with Crippen LogP contribution >= 0.6 is 0 Å². The molecular weight excluding hydrogens is 354 g/mol. The van der Waals surface area contributed by atoms with Crippen molar-refractivity contribution in [2.45, 2.75) is 49.6 Å². The van der Waals surface area contributed by atoms with Gasteiger partial charge in [-0.15, -0.1) is 0 Å². The number of aryl methyl sites for hydroxylation is 1. The van der Waals surface area contributed by atoms with E-state index in [9.17, 15) is 13.2 Å². The fourth-order valence-electron chi connectivity index (χ4n) is 3.48. The Morgan fingerprint density at radius 1 is 1.19 bits per heavy atom. The predicted octanol–water partition coefficient (Wildman–Crippen LogP) is 1.02. The second-order valence-corrected chi connectivity index (χ2v) is 8.99. The van der Waals surface area contributed by atoms with Crippen molar-refractivity contribution in [3.63, 3.8) is 0 Å². The number of nitrogens with zero attached hydrogens (tertiary/aromatic N) is 1. The van der Waals surface area contributed by atoms with Crippen LogP contribution in [0.1, 0.15) is 41.6 Å². The molecule has 3 rings (SSSR count). The summed E-state index contributed by atoms with van der Waals surface area (Å²) in [4.78, 5) is 12.8. The Labute approximate surface area is 154 Å². The first kappa shape index (κ1) is 19.3. The molecule has 0 unspecified atom stereocenters. The minimum atomic E-state index is -3.63. The van der Waals surface area contributed by atoms with E-state index in [0.717, 1.165) is 25.7 Å². The summed E-state index contributed by atoms with van der Waals surface area (Å²) in [6.45, 7) is 3.20. The van der Waals surface area contributed by atoms with Crippen molar-refractivity contribution < 1.29 is 17.9 Å². The van der Waals surface area contributed by atoms with Gasteiger partial charge in [0.1, 0.15) is 0 Å². The number of ether oxygens (including phenoxy) is 1. The Morgan fingerprint density at radius 3 is 2.50 bits per heavy atom. The molecule has 1 aromatic rings. The van der Waals surface area contributed by atoms with Crippen molar-refractivity contribution in [1.82, 2.24) is 9.62 Å². The van der Waals surface area contributed by atoms with Crippen LogP contribution in [0.15, 0.2) is 23.1 Å². The molecule has 1 aromatic carbocycles. The highest BCUT2D eigenvalue weighted by Crippen LogP contribution is 2.23. The molecule has 0 bridgehead atoms. The van der Waals surface area contributed by atoms with Crippen LogP contribution in [0.25, 0.3) is 0 Å². The zero-order valence-corrected chi connectivity index (χ0v) is 15.9. The van der Waals surface area contributed by atoms with Crippen molar-refractivity contribution in [3.05, 3.63) is 29.3 Å². The molecule has 0 atom stereocenters. The van der Waals surface area contributed by atoms with Gasteiger partial charge in [0.2, 0.25) is 10.0 Å². The lowest BCUT2D eigenvalue weighted by atomic mass is 9.91. The van der Waals surface area contributed by atoms with Crippen molar-refractivity contribution in [2.24, 2.45) is 5.73 Å². The standard InChI is InChI=1S/C18H27N3O4S/c1-13-2-3-14(18(22)20-16-6-4-15(19)5-7-16)12-17(13)26(23,24)21-8-10-25-11-9-21/h2-3,12,15-16H,4-11,19H2,1H3,(H,20,22). The number of nitrogens with one attached hydrogen (secondary N) is 1. The number of carbonyl (C=O) groups excluding carboxylic acids is 1. The first-order chi connectivity index (χ1) is 12.4. The summed E-state index contributed by atoms with van der Waals surface area (Å²) in [5, 5.41) is 3.01. The summed E-state index contributed by atoms with van der Waals surface area (Å²) in [6.07, 6.45) is 3.51. The molecule has 0 aromatic heterocycles. The third-order valence-electron chi connectivity index (χ3n) is 5.15. The fourth-order valence-corrected chi connectivity index (χ4v) is 5.14. The number of morpholine rings is 1. The van der Waals surface area contributed by atoms with E-state index in [2.05, 4.69) is 5.32 Å². The maximum atomic E-state index is 12.9. The van der Waals surface area contributed by atoms with E-state index in [-0.39, 0.29) is 22.9 Å². The van der Waals surface area contributed by atoms with Crippen LogP contribution in [0.3, 0.4) is 0 Å². The van der Waals surface area contributed by atoms with E-state index in [4.69, 9.17) is 10.5 Å². The molecule has 1 heterocycles. The molecule has 1 aliphatic carbocycles. The summed E-state index contributed by atoms with van der Waals surface area (Å²) in [6, 6.07) is 5.18. The van der Waals surface area contributed by atoms with Gasteiger partial charge in [-0.3, -0.25) is 4.79 Å². The molecule has 1 aliphatic heterocycles.